The third-order valence-electron chi connectivity index (χ3n) is 4.20. The van der Waals surface area contributed by atoms with Crippen LogP contribution in [-0.4, -0.2) is 43.8 Å². The monoisotopic (exact) mass is 414 g/mol. The lowest BCUT2D eigenvalue weighted by Crippen LogP contribution is -2.27. The van der Waals surface area contributed by atoms with E-state index in [-0.39, 0.29) is 18.0 Å². The van der Waals surface area contributed by atoms with Crippen LogP contribution in [0.25, 0.3) is 11.3 Å². The number of anilines is 2. The number of rotatable bonds is 8. The molecule has 0 fully saturated rings. The molecule has 152 valence electrons. The normalized spacial score (nSPS) is 11.3. The van der Waals surface area contributed by atoms with E-state index in [1.807, 2.05) is 24.3 Å². The summed E-state index contributed by atoms with van der Waals surface area (Å²) in [6, 6.07) is 14.3. The third-order valence-corrected chi connectivity index (χ3v) is 5.81. The van der Waals surface area contributed by atoms with Crippen LogP contribution in [0.15, 0.2) is 59.8 Å². The summed E-state index contributed by atoms with van der Waals surface area (Å²) in [7, 11) is -2.13. The first-order valence-electron chi connectivity index (χ1n) is 8.88. The smallest absolute Gasteiger partial charge is 0.240 e. The number of sulfonamides is 1. The molecule has 0 bridgehead atoms. The number of nitrogens with zero attached hydrogens (tertiary/aromatic N) is 2. The number of aryl methyl sites for hydroxylation is 1. The van der Waals surface area contributed by atoms with Gasteiger partial charge in [0.1, 0.15) is 17.9 Å². The van der Waals surface area contributed by atoms with Crippen molar-refractivity contribution in [2.75, 3.05) is 25.6 Å². The molecule has 0 spiro atoms. The second kappa shape index (κ2) is 8.99. The summed E-state index contributed by atoms with van der Waals surface area (Å²) in [5.41, 5.74) is 2.65. The summed E-state index contributed by atoms with van der Waals surface area (Å²) in [6.45, 7) is 1.39. The minimum atomic E-state index is -3.73. The van der Waals surface area contributed by atoms with Crippen molar-refractivity contribution >= 4 is 21.5 Å². The van der Waals surface area contributed by atoms with Gasteiger partial charge in [0.25, 0.3) is 0 Å². The molecule has 0 amide bonds. The molecule has 1 aromatic heterocycles. The molecule has 1 heterocycles. The number of hydrogen-bond acceptors (Lipinski definition) is 7. The zero-order valence-corrected chi connectivity index (χ0v) is 16.9. The van der Waals surface area contributed by atoms with Gasteiger partial charge >= 0.3 is 0 Å². The predicted molar refractivity (Wildman–Crippen MR) is 111 cm³/mol. The largest absolute Gasteiger partial charge is 0.496 e. The number of ether oxygens (including phenoxy) is 1. The zero-order valence-electron chi connectivity index (χ0n) is 16.1. The number of para-hydroxylation sites is 1. The molecule has 29 heavy (non-hydrogen) atoms. The van der Waals surface area contributed by atoms with Crippen LogP contribution in [-0.2, 0) is 10.0 Å². The molecule has 0 saturated carbocycles. The molecular weight excluding hydrogens is 392 g/mol. The summed E-state index contributed by atoms with van der Waals surface area (Å²) in [5, 5.41) is 12.0. The quantitative estimate of drug-likeness (QED) is 0.519. The Morgan fingerprint density at radius 3 is 2.66 bits per heavy atom. The third kappa shape index (κ3) is 4.89. The van der Waals surface area contributed by atoms with Gasteiger partial charge in [-0.1, -0.05) is 18.2 Å². The van der Waals surface area contributed by atoms with Gasteiger partial charge in [0.15, 0.2) is 0 Å². The molecule has 0 atom stereocenters. The first-order chi connectivity index (χ1) is 13.9. The highest BCUT2D eigenvalue weighted by Crippen LogP contribution is 2.29. The van der Waals surface area contributed by atoms with Crippen LogP contribution in [0, 0.1) is 6.92 Å². The fourth-order valence-electron chi connectivity index (χ4n) is 2.80. The zero-order chi connectivity index (χ0) is 20.9. The van der Waals surface area contributed by atoms with Crippen LogP contribution in [0.2, 0.25) is 0 Å². The molecule has 0 aliphatic carbocycles. The molecule has 8 nitrogen and oxygen atoms in total. The Labute approximate surface area is 169 Å². The highest BCUT2D eigenvalue weighted by Gasteiger charge is 2.17. The second-order valence-corrected chi connectivity index (χ2v) is 7.95. The van der Waals surface area contributed by atoms with Crippen LogP contribution in [0.5, 0.6) is 5.75 Å². The summed E-state index contributed by atoms with van der Waals surface area (Å²) >= 11 is 0. The van der Waals surface area contributed by atoms with E-state index >= 15 is 0 Å². The minimum absolute atomic E-state index is 0.0480. The Morgan fingerprint density at radius 2 is 1.90 bits per heavy atom. The van der Waals surface area contributed by atoms with Gasteiger partial charge in [0.2, 0.25) is 10.0 Å². The number of methoxy groups -OCH3 is 1. The van der Waals surface area contributed by atoms with Gasteiger partial charge in [-0.15, -0.1) is 0 Å². The van der Waals surface area contributed by atoms with E-state index in [1.165, 1.54) is 12.4 Å². The first kappa shape index (κ1) is 20.7. The van der Waals surface area contributed by atoms with Crippen molar-refractivity contribution in [2.45, 2.75) is 11.8 Å². The van der Waals surface area contributed by atoms with Crippen LogP contribution in [0.3, 0.4) is 0 Å². The van der Waals surface area contributed by atoms with Crippen LogP contribution >= 0.6 is 0 Å². The molecule has 3 N–H and O–H groups in total. The van der Waals surface area contributed by atoms with Gasteiger partial charge in [-0.25, -0.2) is 23.1 Å². The maximum Gasteiger partial charge on any atom is 0.240 e. The highest BCUT2D eigenvalue weighted by molar-refractivity contribution is 7.89. The van der Waals surface area contributed by atoms with E-state index in [0.29, 0.717) is 28.5 Å². The van der Waals surface area contributed by atoms with Crippen molar-refractivity contribution in [3.63, 3.8) is 0 Å². The van der Waals surface area contributed by atoms with Crippen molar-refractivity contribution in [2.24, 2.45) is 0 Å². The maximum atomic E-state index is 12.4. The van der Waals surface area contributed by atoms with Crippen molar-refractivity contribution in [3.05, 3.63) is 60.4 Å². The summed E-state index contributed by atoms with van der Waals surface area (Å²) in [5.74, 6) is 1.20. The van der Waals surface area contributed by atoms with Crippen LogP contribution in [0.4, 0.5) is 11.5 Å². The highest BCUT2D eigenvalue weighted by atomic mass is 32.2. The number of hydrogen-bond donors (Lipinski definition) is 3. The SMILES string of the molecule is COc1ccccc1-c1cc(Nc2ccc(C)c(S(=O)(=O)NCCO)c2)ncn1. The summed E-state index contributed by atoms with van der Waals surface area (Å²) in [4.78, 5) is 8.66. The van der Waals surface area contributed by atoms with Gasteiger partial charge in [-0.05, 0) is 36.8 Å². The Balaban J connectivity index is 1.90. The van der Waals surface area contributed by atoms with Crippen molar-refractivity contribution in [1.29, 1.82) is 0 Å². The minimum Gasteiger partial charge on any atom is -0.496 e. The fraction of sp³-hybridized carbons (Fsp3) is 0.200. The molecule has 2 aromatic carbocycles. The summed E-state index contributed by atoms with van der Waals surface area (Å²) in [6.07, 6.45) is 1.43. The van der Waals surface area contributed by atoms with Crippen LogP contribution in [0.1, 0.15) is 5.56 Å². The molecule has 0 radical (unpaired) electrons. The molecule has 3 aromatic rings. The number of nitrogens with one attached hydrogen (secondary N) is 2. The Kier molecular flexibility index (Phi) is 6.42. The molecule has 3 rings (SSSR count). The number of aliphatic hydroxyl groups excluding tert-OH is 1. The lowest BCUT2D eigenvalue weighted by Gasteiger charge is -2.12. The van der Waals surface area contributed by atoms with Gasteiger partial charge in [-0.2, -0.15) is 0 Å². The molecule has 9 heteroatoms. The van der Waals surface area contributed by atoms with Gasteiger partial charge in [-0.3, -0.25) is 0 Å². The number of aliphatic hydroxyl groups is 1. The molecule has 0 aliphatic rings. The first-order valence-corrected chi connectivity index (χ1v) is 10.4. The van der Waals surface area contributed by atoms with Crippen LogP contribution < -0.4 is 14.8 Å². The standard InChI is InChI=1S/C20H22N4O4S/c1-14-7-8-15(11-19(14)29(26,27)23-9-10-25)24-20-12-17(21-13-22-20)16-5-3-4-6-18(16)28-2/h3-8,11-13,23,25H,9-10H2,1-2H3,(H,21,22,24). The molecule has 0 unspecified atom stereocenters. The summed E-state index contributed by atoms with van der Waals surface area (Å²) < 4.78 is 32.6. The Hall–Kier alpha value is -3.01. The topological polar surface area (TPSA) is 113 Å². The van der Waals surface area contributed by atoms with Gasteiger partial charge in [0, 0.05) is 23.9 Å². The average Bonchev–Trinajstić information content (AvgIpc) is 2.73. The lowest BCUT2D eigenvalue weighted by molar-refractivity contribution is 0.301. The van der Waals surface area contributed by atoms with E-state index in [0.717, 1.165) is 5.56 Å². The average molecular weight is 414 g/mol. The van der Waals surface area contributed by atoms with E-state index in [9.17, 15) is 8.42 Å². The Bertz CT molecular complexity index is 1100. The van der Waals surface area contributed by atoms with E-state index < -0.39 is 10.0 Å². The molecule has 0 saturated heterocycles. The number of benzene rings is 2. The van der Waals surface area contributed by atoms with E-state index in [4.69, 9.17) is 9.84 Å². The molecular formula is C20H22N4O4S. The predicted octanol–water partition coefficient (Wildman–Crippen LogP) is 2.47. The van der Waals surface area contributed by atoms with Crippen molar-refractivity contribution in [1.82, 2.24) is 14.7 Å². The second-order valence-electron chi connectivity index (χ2n) is 6.22. The van der Waals surface area contributed by atoms with Gasteiger partial charge < -0.3 is 15.2 Å². The number of aromatic nitrogens is 2. The maximum absolute atomic E-state index is 12.4. The lowest BCUT2D eigenvalue weighted by atomic mass is 10.1. The Morgan fingerprint density at radius 1 is 1.10 bits per heavy atom. The van der Waals surface area contributed by atoms with E-state index in [1.54, 1.807) is 32.2 Å². The van der Waals surface area contributed by atoms with Crippen molar-refractivity contribution < 1.29 is 18.3 Å². The fourth-order valence-corrected chi connectivity index (χ4v) is 4.09. The van der Waals surface area contributed by atoms with Gasteiger partial charge in [0.05, 0.1) is 24.3 Å². The van der Waals surface area contributed by atoms with E-state index in [2.05, 4.69) is 20.0 Å². The molecule has 0 aliphatic heterocycles. The van der Waals surface area contributed by atoms with Crippen molar-refractivity contribution in [3.8, 4) is 17.0 Å².